The second-order valence-electron chi connectivity index (χ2n) is 17.2. The first kappa shape index (κ1) is 57.4. The van der Waals surface area contributed by atoms with Gasteiger partial charge in [-0.1, -0.05) is 243 Å². The molecule has 0 radical (unpaired) electrons. The Morgan fingerprint density at radius 3 is 0.967 bits per heavy atom. The van der Waals surface area contributed by atoms with Gasteiger partial charge in [0.2, 0.25) is 0 Å². The first-order chi connectivity index (χ1) is 29.5. The molecule has 0 aromatic rings. The second-order valence-corrected chi connectivity index (χ2v) is 17.2. The maximum Gasteiger partial charge on any atom is 0.306 e. The Bertz CT molecular complexity index is 1060. The molecule has 0 N–H and O–H groups in total. The van der Waals surface area contributed by atoms with E-state index in [9.17, 15) is 14.4 Å². The molecule has 0 heterocycles. The SMILES string of the molecule is CCCCC\C=C/C=C\C=C/C=C\CCCCCCCC(=O)OCC(COC(=O)CCCCCCCCCCCCCC)OC(=O)CCCCCCCCCCCCCC. The molecule has 0 aliphatic heterocycles. The molecule has 6 heteroatoms. The maximum atomic E-state index is 12.8. The molecule has 0 fully saturated rings. The zero-order valence-electron chi connectivity index (χ0n) is 39.7. The number of unbranched alkanes of at least 4 members (excludes halogenated alkanes) is 30. The smallest absolute Gasteiger partial charge is 0.306 e. The fourth-order valence-electron chi connectivity index (χ4n) is 7.28. The zero-order chi connectivity index (χ0) is 43.7. The number of hydrogen-bond donors (Lipinski definition) is 0. The lowest BCUT2D eigenvalue weighted by atomic mass is 10.0. The van der Waals surface area contributed by atoms with Gasteiger partial charge < -0.3 is 14.2 Å². The van der Waals surface area contributed by atoms with Gasteiger partial charge in [-0.2, -0.15) is 0 Å². The number of carbonyl (C=O) groups excluding carboxylic acids is 3. The van der Waals surface area contributed by atoms with Crippen molar-refractivity contribution < 1.29 is 28.6 Å². The van der Waals surface area contributed by atoms with Crippen LogP contribution in [-0.2, 0) is 28.6 Å². The van der Waals surface area contributed by atoms with Gasteiger partial charge in [0.15, 0.2) is 6.10 Å². The highest BCUT2D eigenvalue weighted by molar-refractivity contribution is 5.71. The molecule has 0 saturated heterocycles. The van der Waals surface area contributed by atoms with Crippen molar-refractivity contribution in [1.29, 1.82) is 0 Å². The number of allylic oxidation sites excluding steroid dienone is 8. The van der Waals surface area contributed by atoms with Gasteiger partial charge in [-0.05, 0) is 44.9 Å². The summed E-state index contributed by atoms with van der Waals surface area (Å²) < 4.78 is 16.8. The number of carbonyl (C=O) groups is 3. The summed E-state index contributed by atoms with van der Waals surface area (Å²) in [5.41, 5.74) is 0. The minimum absolute atomic E-state index is 0.0774. The predicted molar refractivity (Wildman–Crippen MR) is 256 cm³/mol. The average Bonchev–Trinajstić information content (AvgIpc) is 3.24. The van der Waals surface area contributed by atoms with Crippen LogP contribution < -0.4 is 0 Å². The summed E-state index contributed by atoms with van der Waals surface area (Å²) in [7, 11) is 0. The lowest BCUT2D eigenvalue weighted by Crippen LogP contribution is -2.30. The van der Waals surface area contributed by atoms with E-state index in [4.69, 9.17) is 14.2 Å². The minimum atomic E-state index is -0.777. The lowest BCUT2D eigenvalue weighted by molar-refractivity contribution is -0.167. The normalized spacial score (nSPS) is 12.4. The molecule has 0 rings (SSSR count). The van der Waals surface area contributed by atoms with Gasteiger partial charge in [0.1, 0.15) is 13.2 Å². The third-order valence-electron chi connectivity index (χ3n) is 11.2. The molecule has 0 saturated carbocycles. The quantitative estimate of drug-likeness (QED) is 0.0263. The van der Waals surface area contributed by atoms with Crippen LogP contribution in [0.4, 0.5) is 0 Å². The van der Waals surface area contributed by atoms with Crippen LogP contribution >= 0.6 is 0 Å². The van der Waals surface area contributed by atoms with E-state index in [0.29, 0.717) is 19.3 Å². The van der Waals surface area contributed by atoms with Crippen LogP contribution in [0, 0.1) is 0 Å². The summed E-state index contributed by atoms with van der Waals surface area (Å²) in [6.45, 7) is 6.59. The Morgan fingerprint density at radius 2 is 0.600 bits per heavy atom. The van der Waals surface area contributed by atoms with Crippen LogP contribution in [0.2, 0.25) is 0 Å². The molecular formula is C54H96O6. The molecule has 60 heavy (non-hydrogen) atoms. The lowest BCUT2D eigenvalue weighted by Gasteiger charge is -2.18. The Morgan fingerprint density at radius 1 is 0.333 bits per heavy atom. The molecule has 1 atom stereocenters. The minimum Gasteiger partial charge on any atom is -0.462 e. The third kappa shape index (κ3) is 46.4. The standard InChI is InChI=1S/C54H96O6/c1-4-7-10-13-16-19-22-25-26-27-28-29-30-33-35-38-41-44-47-53(56)59-50-51(60-54(57)48-45-42-39-36-32-24-21-18-15-12-9-6-3)49-58-52(55)46-43-40-37-34-31-23-20-17-14-11-8-5-2/h16,19,22,25-29,51H,4-15,17-18,20-21,23-24,30-50H2,1-3H3/b19-16-,25-22-,27-26-,29-28-. The van der Waals surface area contributed by atoms with E-state index >= 15 is 0 Å². The molecule has 6 nitrogen and oxygen atoms in total. The molecule has 0 aromatic carbocycles. The Balaban J connectivity index is 4.39. The van der Waals surface area contributed by atoms with Crippen molar-refractivity contribution in [3.8, 4) is 0 Å². The van der Waals surface area contributed by atoms with Crippen molar-refractivity contribution in [2.24, 2.45) is 0 Å². The summed E-state index contributed by atoms with van der Waals surface area (Å²) in [5, 5.41) is 0. The zero-order valence-corrected chi connectivity index (χ0v) is 39.7. The van der Waals surface area contributed by atoms with Gasteiger partial charge in [0, 0.05) is 19.3 Å². The van der Waals surface area contributed by atoms with Crippen molar-refractivity contribution in [3.05, 3.63) is 48.6 Å². The van der Waals surface area contributed by atoms with Gasteiger partial charge in [-0.3, -0.25) is 14.4 Å². The van der Waals surface area contributed by atoms with Gasteiger partial charge in [-0.25, -0.2) is 0 Å². The third-order valence-corrected chi connectivity index (χ3v) is 11.2. The fraction of sp³-hybridized carbons (Fsp3) is 0.796. The monoisotopic (exact) mass is 841 g/mol. The second kappa shape index (κ2) is 49.0. The molecule has 0 aromatic heterocycles. The van der Waals surface area contributed by atoms with Gasteiger partial charge in [0.05, 0.1) is 0 Å². The van der Waals surface area contributed by atoms with Crippen LogP contribution in [0.3, 0.4) is 0 Å². The summed E-state index contributed by atoms with van der Waals surface area (Å²) in [6.07, 6.45) is 58.0. The summed E-state index contributed by atoms with van der Waals surface area (Å²) in [6, 6.07) is 0. The van der Waals surface area contributed by atoms with Crippen molar-refractivity contribution in [2.75, 3.05) is 13.2 Å². The number of rotatable bonds is 46. The molecule has 1 unspecified atom stereocenters. The largest absolute Gasteiger partial charge is 0.462 e. The van der Waals surface area contributed by atoms with E-state index < -0.39 is 6.10 Å². The fourth-order valence-corrected chi connectivity index (χ4v) is 7.28. The van der Waals surface area contributed by atoms with Crippen LogP contribution in [0.1, 0.15) is 258 Å². The van der Waals surface area contributed by atoms with E-state index in [1.807, 2.05) is 0 Å². The predicted octanol–water partition coefficient (Wildman–Crippen LogP) is 16.7. The molecule has 0 spiro atoms. The number of ether oxygens (including phenoxy) is 3. The highest BCUT2D eigenvalue weighted by Crippen LogP contribution is 2.15. The molecular weight excluding hydrogens is 745 g/mol. The van der Waals surface area contributed by atoms with Crippen LogP contribution in [0.5, 0.6) is 0 Å². The van der Waals surface area contributed by atoms with Crippen molar-refractivity contribution in [1.82, 2.24) is 0 Å². The van der Waals surface area contributed by atoms with E-state index in [1.54, 1.807) is 0 Å². The van der Waals surface area contributed by atoms with Gasteiger partial charge in [0.25, 0.3) is 0 Å². The van der Waals surface area contributed by atoms with Crippen molar-refractivity contribution >= 4 is 17.9 Å². The molecule has 348 valence electrons. The first-order valence-corrected chi connectivity index (χ1v) is 25.7. The Hall–Kier alpha value is -2.63. The summed E-state index contributed by atoms with van der Waals surface area (Å²) in [5.74, 6) is -0.893. The maximum absolute atomic E-state index is 12.8. The van der Waals surface area contributed by atoms with Crippen LogP contribution in [0.15, 0.2) is 48.6 Å². The summed E-state index contributed by atoms with van der Waals surface area (Å²) >= 11 is 0. The number of hydrogen-bond acceptors (Lipinski definition) is 6. The summed E-state index contributed by atoms with van der Waals surface area (Å²) in [4.78, 5) is 37.9. The van der Waals surface area contributed by atoms with Crippen molar-refractivity contribution in [3.63, 3.8) is 0 Å². The Kier molecular flexibility index (Phi) is 46.9. The van der Waals surface area contributed by atoms with Crippen molar-refractivity contribution in [2.45, 2.75) is 264 Å². The molecule has 0 aliphatic carbocycles. The Labute approximate surface area is 371 Å². The van der Waals surface area contributed by atoms with Gasteiger partial charge >= 0.3 is 17.9 Å². The molecule has 0 bridgehead atoms. The van der Waals surface area contributed by atoms with Gasteiger partial charge in [-0.15, -0.1) is 0 Å². The highest BCUT2D eigenvalue weighted by atomic mass is 16.6. The van der Waals surface area contributed by atoms with E-state index in [0.717, 1.165) is 83.5 Å². The first-order valence-electron chi connectivity index (χ1n) is 25.7. The number of esters is 3. The van der Waals surface area contributed by atoms with E-state index in [-0.39, 0.29) is 31.1 Å². The van der Waals surface area contributed by atoms with E-state index in [2.05, 4.69) is 69.4 Å². The molecule has 0 amide bonds. The topological polar surface area (TPSA) is 78.9 Å². The van der Waals surface area contributed by atoms with Crippen LogP contribution in [0.25, 0.3) is 0 Å². The molecule has 0 aliphatic rings. The average molecular weight is 841 g/mol. The highest BCUT2D eigenvalue weighted by Gasteiger charge is 2.19. The van der Waals surface area contributed by atoms with E-state index in [1.165, 1.54) is 135 Å². The van der Waals surface area contributed by atoms with Crippen LogP contribution in [-0.4, -0.2) is 37.2 Å².